The van der Waals surface area contributed by atoms with E-state index in [4.69, 9.17) is 44.5 Å². The van der Waals surface area contributed by atoms with Crippen LogP contribution in [0.2, 0.25) is 5.02 Å². The number of benzene rings is 8. The fourth-order valence-corrected chi connectivity index (χ4v) is 11.6. The van der Waals surface area contributed by atoms with Crippen LogP contribution in [-0.2, 0) is 0 Å². The molecule has 576 valence electrons. The van der Waals surface area contributed by atoms with Gasteiger partial charge in [0.15, 0.2) is 46.5 Å². The topological polar surface area (TPSA) is 369 Å². The molecule has 16 aromatic rings. The van der Waals surface area contributed by atoms with Crippen molar-refractivity contribution in [3.05, 3.63) is 250 Å². The van der Waals surface area contributed by atoms with Crippen LogP contribution in [-0.4, -0.2) is 91.5 Å². The molecule has 0 atom stereocenters. The molecule has 8 aromatic carbocycles. The highest BCUT2D eigenvalue weighted by atomic mass is 35.5. The summed E-state index contributed by atoms with van der Waals surface area (Å²) >= 11 is 5.96. The molecule has 0 bridgehead atoms. The number of hydrogen-bond acceptors (Lipinski definition) is 23. The molecule has 0 saturated heterocycles. The summed E-state index contributed by atoms with van der Waals surface area (Å²) in [5, 5.41) is 20.5. The van der Waals surface area contributed by atoms with Crippen molar-refractivity contribution in [1.29, 1.82) is 5.26 Å². The van der Waals surface area contributed by atoms with E-state index in [0.717, 1.165) is 12.1 Å². The van der Waals surface area contributed by atoms with Gasteiger partial charge < -0.3 is 53.7 Å². The monoisotopic (exact) mass is 1580 g/mol. The lowest BCUT2D eigenvalue weighted by molar-refractivity contribution is -0.274. The second-order valence-corrected chi connectivity index (χ2v) is 24.7. The van der Waals surface area contributed by atoms with E-state index in [-0.39, 0.29) is 70.2 Å². The number of ether oxygens (including phenoxy) is 2. The normalized spacial score (nSPS) is 11.2. The van der Waals surface area contributed by atoms with Crippen LogP contribution in [0.4, 0.5) is 118 Å². The predicted molar refractivity (Wildman–Crippen MR) is 405 cm³/mol. The van der Waals surface area contributed by atoms with Gasteiger partial charge in [0.25, 0.3) is 0 Å². The summed E-state index contributed by atoms with van der Waals surface area (Å²) in [5.41, 5.74) is 29.0. The molecule has 0 aliphatic rings. The lowest BCUT2D eigenvalue weighted by Gasteiger charge is -2.13. The van der Waals surface area contributed by atoms with Gasteiger partial charge in [0, 0.05) is 58.1 Å². The van der Waals surface area contributed by atoms with Gasteiger partial charge in [-0.05, 0) is 155 Å². The van der Waals surface area contributed by atoms with E-state index in [9.17, 15) is 48.3 Å². The summed E-state index contributed by atoms with van der Waals surface area (Å²) in [4.78, 5) is 50.1. The smallest absolute Gasteiger partial charge is 0.497 e. The highest BCUT2D eigenvalue weighted by molar-refractivity contribution is 6.30. The molecule has 0 spiro atoms. The van der Waals surface area contributed by atoms with Crippen molar-refractivity contribution in [3.63, 3.8) is 0 Å². The quantitative estimate of drug-likeness (QED) is 0.0469. The summed E-state index contributed by atoms with van der Waals surface area (Å²) in [6, 6.07) is 43.1. The number of nitrogens with one attached hydrogen (secondary N) is 4. The van der Waals surface area contributed by atoms with E-state index in [2.05, 4.69) is 85.8 Å². The zero-order valence-electron chi connectivity index (χ0n) is 59.4. The molecule has 0 amide bonds. The number of nitrogen functional groups attached to an aromatic ring is 4. The Labute approximate surface area is 640 Å². The van der Waals surface area contributed by atoms with E-state index >= 15 is 0 Å². The molecule has 0 unspecified atom stereocenters. The van der Waals surface area contributed by atoms with Gasteiger partial charge in [0.05, 0.1) is 62.9 Å². The average molecular weight is 1580 g/mol. The Morgan fingerprint density at radius 2 is 0.675 bits per heavy atom. The minimum Gasteiger partial charge on any atom is -0.497 e. The Hall–Kier alpha value is -15.0. The number of methoxy groups -OCH3 is 1. The molecule has 12 N–H and O–H groups in total. The van der Waals surface area contributed by atoms with Gasteiger partial charge in [0.2, 0.25) is 47.1 Å². The third kappa shape index (κ3) is 16.9. The Balaban J connectivity index is 0.000000133. The first-order valence-electron chi connectivity index (χ1n) is 33.2. The second kappa shape index (κ2) is 31.9. The fraction of sp³-hybridized carbons (Fsp3) is 0.0800. The van der Waals surface area contributed by atoms with Crippen molar-refractivity contribution in [3.8, 4) is 41.4 Å². The fourth-order valence-electron chi connectivity index (χ4n) is 11.4. The van der Waals surface area contributed by atoms with E-state index in [1.165, 1.54) is 98.2 Å². The van der Waals surface area contributed by atoms with Crippen molar-refractivity contribution in [2.24, 2.45) is 0 Å². The van der Waals surface area contributed by atoms with Crippen molar-refractivity contribution in [2.45, 2.75) is 34.1 Å². The molecule has 0 aliphatic carbocycles. The SMILES string of the molecule is COc1cccc(Nc2nc(-n3c(C)nc4ccc(F)cc43)nc(N)c2F)c1.Cc1nc2ccc(F)cc2n1-c1nc(N)c(F)c(Nc2ccc(C#N)cc2)n1.Cc1nc2ccc(F)cc2n1-c1nc(N)c(F)c(Nc2ccc(OC(F)(F)F)cc2)n1.Cc1nc2ccc(F)cc2n1-c1nc(N)c(F)c(Nc2cccc(Cl)c2)n1. The van der Waals surface area contributed by atoms with E-state index in [1.54, 1.807) is 113 Å². The van der Waals surface area contributed by atoms with Gasteiger partial charge >= 0.3 is 6.36 Å². The minimum atomic E-state index is -4.83. The number of fused-ring (bicyclic) bond motifs is 4. The van der Waals surface area contributed by atoms with Crippen molar-refractivity contribution in [1.82, 2.24) is 78.1 Å². The van der Waals surface area contributed by atoms with Crippen molar-refractivity contribution >= 4 is 125 Å². The van der Waals surface area contributed by atoms with Gasteiger partial charge in [-0.25, -0.2) is 37.5 Å². The third-order valence-corrected chi connectivity index (χ3v) is 16.7. The number of nitriles is 1. The zero-order valence-corrected chi connectivity index (χ0v) is 60.2. The second-order valence-electron chi connectivity index (χ2n) is 24.3. The van der Waals surface area contributed by atoms with Crippen LogP contribution in [0.3, 0.4) is 0 Å². The maximum Gasteiger partial charge on any atom is 0.573 e. The van der Waals surface area contributed by atoms with Crippen LogP contribution in [0.5, 0.6) is 11.5 Å². The first-order valence-corrected chi connectivity index (χ1v) is 33.6. The average Bonchev–Trinajstić information content (AvgIpc) is 1.64. The molecule has 0 fully saturated rings. The number of anilines is 12. The van der Waals surface area contributed by atoms with Crippen LogP contribution in [0.25, 0.3) is 67.9 Å². The van der Waals surface area contributed by atoms with Crippen LogP contribution in [0, 0.1) is 85.6 Å². The summed E-state index contributed by atoms with van der Waals surface area (Å²) in [6.45, 7) is 6.77. The van der Waals surface area contributed by atoms with E-state index in [0.29, 0.717) is 101 Å². The molecular formula is C75H55ClF11N25O2. The number of imidazole rings is 4. The molecule has 8 aromatic heterocycles. The number of hydrogen-bond donors (Lipinski definition) is 8. The number of halogens is 12. The van der Waals surface area contributed by atoms with Gasteiger partial charge in [-0.3, -0.25) is 18.3 Å². The summed E-state index contributed by atoms with van der Waals surface area (Å²) in [5.74, 6) is -5.22. The van der Waals surface area contributed by atoms with Crippen LogP contribution in [0.15, 0.2) is 170 Å². The van der Waals surface area contributed by atoms with E-state index < -0.39 is 64.5 Å². The Morgan fingerprint density at radius 3 is 0.982 bits per heavy atom. The minimum absolute atomic E-state index is 0.0562. The Bertz CT molecular complexity index is 6420. The number of nitrogens with zero attached hydrogens (tertiary/aromatic N) is 17. The molecule has 114 heavy (non-hydrogen) atoms. The number of aromatic nitrogens is 16. The Morgan fingerprint density at radius 1 is 0.368 bits per heavy atom. The molecule has 27 nitrogen and oxygen atoms in total. The van der Waals surface area contributed by atoms with Crippen molar-refractivity contribution < 1.29 is 57.8 Å². The molecule has 16 rings (SSSR count). The number of alkyl halides is 3. The lowest BCUT2D eigenvalue weighted by Crippen LogP contribution is -2.17. The number of rotatable bonds is 14. The summed E-state index contributed by atoms with van der Waals surface area (Å²) < 4.78 is 165. The molecule has 8 heterocycles. The molecule has 0 radical (unpaired) electrons. The number of nitrogens with two attached hydrogens (primary N) is 4. The molecule has 0 aliphatic heterocycles. The Kier molecular flexibility index (Phi) is 21.6. The molecular weight excluding hydrogens is 1530 g/mol. The van der Waals surface area contributed by atoms with Crippen LogP contribution in [0.1, 0.15) is 28.9 Å². The molecule has 0 saturated carbocycles. The third-order valence-electron chi connectivity index (χ3n) is 16.4. The number of aryl methyl sites for hydroxylation is 4. The van der Waals surface area contributed by atoms with Gasteiger partial charge in [-0.2, -0.15) is 62.7 Å². The van der Waals surface area contributed by atoms with Crippen LogP contribution < -0.4 is 53.7 Å². The highest BCUT2D eigenvalue weighted by Gasteiger charge is 2.31. The zero-order chi connectivity index (χ0) is 81.1. The lowest BCUT2D eigenvalue weighted by atomic mass is 10.2. The van der Waals surface area contributed by atoms with E-state index in [1.807, 2.05) is 6.07 Å². The first kappa shape index (κ1) is 77.1. The standard InChI is InChI=1S/C19H13F5N6O.C19H13F2N7.C19H16F2N6O.C18H13ClF2N6/c1-9-26-13-7-2-10(20)8-14(13)30(9)18-28-16(25)15(21)17(29-18)27-11-3-5-12(6-4-11)31-19(22,23)24;1-10-24-14-7-4-12(20)8-15(14)28(10)19-26-17(23)16(21)18(27-19)25-13-5-2-11(9-22)3-6-13;1-10-23-14-7-6-11(20)8-15(14)27(10)19-25-17(22)16(21)18(26-19)24-12-4-3-5-13(9-12)28-2;1-9-23-13-6-5-11(20)8-14(13)27(9)18-25-16(22)15(21)17(26-18)24-12-4-2-3-10(19)7-12/h2-8H,1H3,(H3,25,27,28,29);2-8H,1H3,(H3,23,25,26,27);3-9H,1-2H3,(H3,22,24,25,26);2-8H,1H3,(H3,22,24,25,26). The molecule has 39 heteroatoms. The summed E-state index contributed by atoms with van der Waals surface area (Å²) in [6.07, 6.45) is -4.83. The predicted octanol–water partition coefficient (Wildman–Crippen LogP) is 16.3. The summed E-state index contributed by atoms with van der Waals surface area (Å²) in [7, 11) is 1.53. The van der Waals surface area contributed by atoms with Gasteiger partial charge in [0.1, 0.15) is 58.1 Å². The largest absolute Gasteiger partial charge is 0.573 e. The maximum atomic E-state index is 14.5. The highest BCUT2D eigenvalue weighted by Crippen LogP contribution is 2.34. The maximum absolute atomic E-state index is 14.5. The first-order chi connectivity index (χ1) is 54.4. The van der Waals surface area contributed by atoms with Crippen molar-refractivity contribution in [2.75, 3.05) is 51.3 Å². The van der Waals surface area contributed by atoms with Gasteiger partial charge in [-0.15, -0.1) is 13.2 Å². The van der Waals surface area contributed by atoms with Crippen LogP contribution >= 0.6 is 11.6 Å². The van der Waals surface area contributed by atoms with Gasteiger partial charge in [-0.1, -0.05) is 23.7 Å².